The Morgan fingerprint density at radius 2 is 1.47 bits per heavy atom. The number of aromatic nitrogens is 2. The molecule has 0 aliphatic heterocycles. The van der Waals surface area contributed by atoms with E-state index in [4.69, 9.17) is 0 Å². The molecule has 3 nitrogen and oxygen atoms in total. The Balaban J connectivity index is -0.000000176. The maximum Gasteiger partial charge on any atom is 0.130 e. The van der Waals surface area contributed by atoms with Crippen LogP contribution in [0.2, 0.25) is 0 Å². The van der Waals surface area contributed by atoms with E-state index in [1.165, 1.54) is 0 Å². The van der Waals surface area contributed by atoms with Crippen molar-refractivity contribution in [3.8, 4) is 0 Å². The third-order valence-electron chi connectivity index (χ3n) is 0.881. The molecule has 0 aliphatic rings. The van der Waals surface area contributed by atoms with Crippen LogP contribution in [0, 0.1) is 6.92 Å². The van der Waals surface area contributed by atoms with Gasteiger partial charge < -0.3 is 0 Å². The van der Waals surface area contributed by atoms with Crippen LogP contribution in [0.3, 0.4) is 0 Å². The van der Waals surface area contributed by atoms with Gasteiger partial charge in [-0.05, 0) is 19.9 Å². The quantitative estimate of drug-likeness (QED) is 0.653. The van der Waals surface area contributed by atoms with Crippen LogP contribution in [-0.4, -0.2) is 10.3 Å². The van der Waals surface area contributed by atoms with Crippen molar-refractivity contribution in [3.05, 3.63) is 30.6 Å². The molecular weight excluding hydrogens is 188 g/mol. The molecule has 1 heterocycles. The Morgan fingerprint density at radius 3 is 1.60 bits per heavy atom. The monoisotopic (exact) mass is 212 g/mol. The zero-order chi connectivity index (χ0) is 12.7. The minimum Gasteiger partial charge on any atom is -0.244 e. The summed E-state index contributed by atoms with van der Waals surface area (Å²) in [6.45, 7) is 18.6. The summed E-state index contributed by atoms with van der Waals surface area (Å²) in [5.41, 5.74) is 1.49. The fraction of sp³-hybridized carbons (Fsp3) is 0.500. The first kappa shape index (κ1) is 19.2. The van der Waals surface area contributed by atoms with Crippen LogP contribution in [0.4, 0.5) is 0 Å². The van der Waals surface area contributed by atoms with E-state index in [-0.39, 0.29) is 0 Å². The van der Waals surface area contributed by atoms with E-state index in [9.17, 15) is 0 Å². The van der Waals surface area contributed by atoms with E-state index in [1.54, 1.807) is 12.2 Å². The fourth-order valence-electron chi connectivity index (χ4n) is 0.423. The maximum absolute atomic E-state index is 4.36. The molecule has 0 atom stereocenters. The first-order valence-corrected chi connectivity index (χ1v) is 5.24. The normalized spacial score (nSPS) is 6.53. The number of hydrogen-bond donors (Lipinski definition) is 0. The van der Waals surface area contributed by atoms with Gasteiger partial charge in [0.05, 0.1) is 0 Å². The first-order valence-electron chi connectivity index (χ1n) is 5.24. The molecule has 0 aromatic carbocycles. The molecule has 1 aromatic heterocycles. The second-order valence-electron chi connectivity index (χ2n) is 1.85. The summed E-state index contributed by atoms with van der Waals surface area (Å²) in [5, 5.41) is 7.06. The Labute approximate surface area is 93.9 Å². The van der Waals surface area contributed by atoms with Gasteiger partial charge in [0.15, 0.2) is 0 Å². The van der Waals surface area contributed by atoms with Gasteiger partial charge in [-0.2, -0.15) is 0 Å². The predicted octanol–water partition coefficient (Wildman–Crippen LogP) is 4.27. The van der Waals surface area contributed by atoms with Crippen molar-refractivity contribution in [2.45, 2.75) is 41.5 Å². The summed E-state index contributed by atoms with van der Waals surface area (Å²) >= 11 is 0. The number of aryl methyl sites for hydroxylation is 1. The van der Waals surface area contributed by atoms with E-state index in [1.807, 2.05) is 41.5 Å². The summed E-state index contributed by atoms with van der Waals surface area (Å²) in [4.78, 5) is 0. The van der Waals surface area contributed by atoms with Crippen LogP contribution in [0.5, 0.6) is 0 Å². The third kappa shape index (κ3) is 12.6. The Bertz CT molecular complexity index is 229. The van der Waals surface area contributed by atoms with Gasteiger partial charge in [-0.25, -0.2) is 4.63 Å². The van der Waals surface area contributed by atoms with Crippen LogP contribution in [0.1, 0.15) is 46.0 Å². The summed E-state index contributed by atoms with van der Waals surface area (Å²) < 4.78 is 4.36. The van der Waals surface area contributed by atoms with E-state index in [0.717, 1.165) is 5.69 Å². The van der Waals surface area contributed by atoms with Gasteiger partial charge in [-0.1, -0.05) is 50.7 Å². The molecule has 88 valence electrons. The van der Waals surface area contributed by atoms with E-state index < -0.39 is 0 Å². The van der Waals surface area contributed by atoms with Crippen molar-refractivity contribution in [1.29, 1.82) is 0 Å². The predicted molar refractivity (Wildman–Crippen MR) is 67.7 cm³/mol. The van der Waals surface area contributed by atoms with Gasteiger partial charge in [-0.15, -0.1) is 6.58 Å². The van der Waals surface area contributed by atoms with Crippen molar-refractivity contribution in [1.82, 2.24) is 10.3 Å². The Hall–Kier alpha value is -1.38. The molecule has 0 unspecified atom stereocenters. The van der Waals surface area contributed by atoms with Crippen LogP contribution in [-0.2, 0) is 0 Å². The van der Waals surface area contributed by atoms with Gasteiger partial charge in [0, 0.05) is 0 Å². The Kier molecular flexibility index (Phi) is 23.6. The largest absolute Gasteiger partial charge is 0.244 e. The SMILES string of the molecule is C=CC.C=Cc1nonc1C.CC.CC. The molecule has 0 bridgehead atoms. The Morgan fingerprint density at radius 1 is 1.07 bits per heavy atom. The summed E-state index contributed by atoms with van der Waals surface area (Å²) in [6, 6.07) is 0. The maximum atomic E-state index is 4.36. The molecule has 1 rings (SSSR count). The zero-order valence-electron chi connectivity index (χ0n) is 10.9. The number of rotatable bonds is 1. The van der Waals surface area contributed by atoms with Crippen LogP contribution < -0.4 is 0 Å². The highest BCUT2D eigenvalue weighted by atomic mass is 16.6. The van der Waals surface area contributed by atoms with Gasteiger partial charge in [0.2, 0.25) is 0 Å². The molecule has 0 radical (unpaired) electrons. The molecule has 0 aliphatic carbocycles. The van der Waals surface area contributed by atoms with E-state index >= 15 is 0 Å². The molecule has 3 heteroatoms. The molecule has 0 saturated carbocycles. The number of allylic oxidation sites excluding steroid dienone is 1. The molecule has 1 aromatic rings. The minimum atomic E-state index is 0.713. The van der Waals surface area contributed by atoms with Gasteiger partial charge in [-0.3, -0.25) is 0 Å². The lowest BCUT2D eigenvalue weighted by Gasteiger charge is -1.74. The zero-order valence-corrected chi connectivity index (χ0v) is 10.9. The van der Waals surface area contributed by atoms with Crippen molar-refractivity contribution in [2.24, 2.45) is 0 Å². The number of hydrogen-bond acceptors (Lipinski definition) is 3. The second-order valence-corrected chi connectivity index (χ2v) is 1.85. The topological polar surface area (TPSA) is 38.9 Å². The highest BCUT2D eigenvalue weighted by Crippen LogP contribution is 1.99. The molecular formula is C12H24N2O. The lowest BCUT2D eigenvalue weighted by atomic mass is 10.3. The molecule has 0 N–H and O–H groups in total. The first-order chi connectivity index (χ1) is 7.26. The van der Waals surface area contributed by atoms with E-state index in [2.05, 4.69) is 28.1 Å². The average Bonchev–Trinajstić information content (AvgIpc) is 2.71. The molecule has 15 heavy (non-hydrogen) atoms. The van der Waals surface area contributed by atoms with Gasteiger partial charge in [0.25, 0.3) is 0 Å². The summed E-state index contributed by atoms with van der Waals surface area (Å²) in [6.07, 6.45) is 3.35. The third-order valence-corrected chi connectivity index (χ3v) is 0.881. The van der Waals surface area contributed by atoms with Crippen molar-refractivity contribution in [3.63, 3.8) is 0 Å². The standard InChI is InChI=1S/C5H6N2O.C3H6.2C2H6/c1-3-5-4(2)6-8-7-5;1-3-2;2*1-2/h3H,1H2,2H3;3H,1H2,2H3;2*1-2H3. The van der Waals surface area contributed by atoms with Crippen molar-refractivity contribution >= 4 is 6.08 Å². The van der Waals surface area contributed by atoms with Crippen LogP contribution in [0.25, 0.3) is 6.08 Å². The fourth-order valence-corrected chi connectivity index (χ4v) is 0.423. The molecule has 0 saturated heterocycles. The summed E-state index contributed by atoms with van der Waals surface area (Å²) in [7, 11) is 0. The summed E-state index contributed by atoms with van der Waals surface area (Å²) in [5.74, 6) is 0. The average molecular weight is 212 g/mol. The second kappa shape index (κ2) is 18.4. The highest BCUT2D eigenvalue weighted by molar-refractivity contribution is 5.42. The number of nitrogens with zero attached hydrogens (tertiary/aromatic N) is 2. The van der Waals surface area contributed by atoms with Crippen LogP contribution >= 0.6 is 0 Å². The lowest BCUT2D eigenvalue weighted by molar-refractivity contribution is 0.304. The highest BCUT2D eigenvalue weighted by Gasteiger charge is 1.96. The van der Waals surface area contributed by atoms with Crippen LogP contribution in [0.15, 0.2) is 23.9 Å². The lowest BCUT2D eigenvalue weighted by Crippen LogP contribution is -1.72. The van der Waals surface area contributed by atoms with E-state index in [0.29, 0.717) is 5.69 Å². The van der Waals surface area contributed by atoms with Gasteiger partial charge in [0.1, 0.15) is 11.4 Å². The van der Waals surface area contributed by atoms with Crippen molar-refractivity contribution < 1.29 is 4.63 Å². The van der Waals surface area contributed by atoms with Gasteiger partial charge >= 0.3 is 0 Å². The smallest absolute Gasteiger partial charge is 0.130 e. The minimum absolute atomic E-state index is 0.713. The molecule has 0 fully saturated rings. The molecule has 0 amide bonds. The molecule has 0 spiro atoms. The van der Waals surface area contributed by atoms with Crippen molar-refractivity contribution in [2.75, 3.05) is 0 Å².